The lowest BCUT2D eigenvalue weighted by Crippen LogP contribution is -2.39. The zero-order valence-electron chi connectivity index (χ0n) is 20.7. The Morgan fingerprint density at radius 2 is 1.79 bits per heavy atom. The van der Waals surface area contributed by atoms with Crippen molar-refractivity contribution in [3.05, 3.63) is 90.1 Å². The largest absolute Gasteiger partial charge is 0.420 e. The minimum absolute atomic E-state index is 0.0644. The van der Waals surface area contributed by atoms with Gasteiger partial charge in [0.25, 0.3) is 16.0 Å². The van der Waals surface area contributed by atoms with Crippen LogP contribution >= 0.6 is 0 Å². The summed E-state index contributed by atoms with van der Waals surface area (Å²) in [5.41, 5.74) is 0.883. The molecule has 0 spiro atoms. The number of amides is 1. The molecule has 1 fully saturated rings. The number of hydrogen-bond acceptors (Lipinski definition) is 8. The van der Waals surface area contributed by atoms with Crippen LogP contribution in [0.4, 0.5) is 13.6 Å². The summed E-state index contributed by atoms with van der Waals surface area (Å²) in [6, 6.07) is 12.4. The monoisotopic (exact) mass is 558 g/mol. The Balaban J connectivity index is 0.000000270. The lowest BCUT2D eigenvalue weighted by Gasteiger charge is -2.29. The van der Waals surface area contributed by atoms with Gasteiger partial charge in [0.2, 0.25) is 5.89 Å². The predicted octanol–water partition coefficient (Wildman–Crippen LogP) is 5.03. The predicted molar refractivity (Wildman–Crippen MR) is 134 cm³/mol. The van der Waals surface area contributed by atoms with E-state index in [0.717, 1.165) is 23.8 Å². The first-order valence-corrected chi connectivity index (χ1v) is 13.2. The average Bonchev–Trinajstić information content (AvgIpc) is 3.41. The Kier molecular flexibility index (Phi) is 8.62. The van der Waals surface area contributed by atoms with Crippen molar-refractivity contribution in [2.24, 2.45) is 0 Å². The second kappa shape index (κ2) is 12.1. The van der Waals surface area contributed by atoms with Crippen LogP contribution < -0.4 is 4.74 Å². The van der Waals surface area contributed by atoms with Gasteiger partial charge in [-0.1, -0.05) is 17.7 Å². The van der Waals surface area contributed by atoms with Crippen LogP contribution in [-0.2, 0) is 10.1 Å². The van der Waals surface area contributed by atoms with Crippen LogP contribution in [0.5, 0.6) is 5.75 Å². The second-order valence-corrected chi connectivity index (χ2v) is 10.1. The number of halogens is 2. The Bertz CT molecular complexity index is 1520. The number of aromatic nitrogens is 3. The Labute approximate surface area is 223 Å². The first-order chi connectivity index (χ1) is 18.6. The highest BCUT2D eigenvalue weighted by molar-refractivity contribution is 7.85. The third kappa shape index (κ3) is 7.42. The maximum absolute atomic E-state index is 13.9. The number of benzene rings is 2. The summed E-state index contributed by atoms with van der Waals surface area (Å²) < 4.78 is 67.6. The van der Waals surface area contributed by atoms with E-state index in [1.165, 1.54) is 18.3 Å². The normalized spacial score (nSPS) is 13.9. The molecule has 0 bridgehead atoms. The van der Waals surface area contributed by atoms with Gasteiger partial charge in [-0.15, -0.1) is 10.2 Å². The molecule has 1 N–H and O–H groups in total. The van der Waals surface area contributed by atoms with E-state index in [0.29, 0.717) is 37.6 Å². The molecule has 13 heteroatoms. The zero-order chi connectivity index (χ0) is 28.0. The first-order valence-electron chi connectivity index (χ1n) is 11.8. The van der Waals surface area contributed by atoms with E-state index < -0.39 is 27.8 Å². The number of nitrogens with zero attached hydrogens (tertiary/aromatic N) is 4. The molecule has 0 radical (unpaired) electrons. The summed E-state index contributed by atoms with van der Waals surface area (Å²) >= 11 is 0. The molecular weight excluding hydrogens is 534 g/mol. The highest BCUT2D eigenvalue weighted by Crippen LogP contribution is 2.30. The molecule has 10 nitrogen and oxygen atoms in total. The molecule has 0 saturated carbocycles. The van der Waals surface area contributed by atoms with E-state index in [1.807, 2.05) is 6.92 Å². The summed E-state index contributed by atoms with van der Waals surface area (Å²) in [7, 11) is -4.02. The number of carbonyl (C=O) groups is 1. The van der Waals surface area contributed by atoms with E-state index in [9.17, 15) is 22.0 Å². The van der Waals surface area contributed by atoms with Crippen molar-refractivity contribution >= 4 is 16.2 Å². The Morgan fingerprint density at radius 1 is 1.08 bits per heavy atom. The van der Waals surface area contributed by atoms with Crippen LogP contribution in [-0.4, -0.2) is 52.2 Å². The molecule has 1 saturated heterocycles. The van der Waals surface area contributed by atoms with Crippen LogP contribution in [0.15, 0.2) is 76.3 Å². The van der Waals surface area contributed by atoms with E-state index in [-0.39, 0.29) is 22.3 Å². The van der Waals surface area contributed by atoms with Gasteiger partial charge in [0.15, 0.2) is 5.75 Å². The van der Waals surface area contributed by atoms with Gasteiger partial charge < -0.3 is 14.1 Å². The topological polar surface area (TPSA) is 136 Å². The number of pyridine rings is 1. The Hall–Kier alpha value is -4.23. The number of piperidine rings is 1. The summed E-state index contributed by atoms with van der Waals surface area (Å²) in [6.07, 6.45) is 3.80. The van der Waals surface area contributed by atoms with Gasteiger partial charge in [0.1, 0.15) is 11.6 Å². The minimum Gasteiger partial charge on any atom is -0.420 e. The van der Waals surface area contributed by atoms with Crippen LogP contribution in [0.2, 0.25) is 0 Å². The molecular formula is C26H24F2N4O6S. The third-order valence-corrected chi connectivity index (χ3v) is 6.73. The fourth-order valence-corrected chi connectivity index (χ4v) is 4.24. The van der Waals surface area contributed by atoms with Crippen molar-refractivity contribution < 1.29 is 35.7 Å². The van der Waals surface area contributed by atoms with Gasteiger partial charge in [-0.05, 0) is 62.2 Å². The van der Waals surface area contributed by atoms with Crippen molar-refractivity contribution in [1.29, 1.82) is 0 Å². The molecule has 0 unspecified atom stereocenters. The van der Waals surface area contributed by atoms with Gasteiger partial charge in [0.05, 0.1) is 16.7 Å². The van der Waals surface area contributed by atoms with Gasteiger partial charge in [-0.3, -0.25) is 9.54 Å². The molecule has 5 rings (SSSR count). The fraction of sp³-hybridized carbons (Fsp3) is 0.231. The van der Waals surface area contributed by atoms with Crippen LogP contribution in [0, 0.1) is 18.6 Å². The molecule has 2 aromatic carbocycles. The number of hydrogen-bond donors (Lipinski definition) is 1. The summed E-state index contributed by atoms with van der Waals surface area (Å²) in [4.78, 5) is 17.6. The molecule has 204 valence electrons. The van der Waals surface area contributed by atoms with Gasteiger partial charge in [0, 0.05) is 25.2 Å². The van der Waals surface area contributed by atoms with Crippen molar-refractivity contribution in [3.63, 3.8) is 0 Å². The lowest BCUT2D eigenvalue weighted by atomic mass is 9.97. The van der Waals surface area contributed by atoms with Crippen molar-refractivity contribution in [3.8, 4) is 17.2 Å². The van der Waals surface area contributed by atoms with E-state index in [4.69, 9.17) is 13.7 Å². The molecule has 0 atom stereocenters. The maximum Gasteiger partial charge on any atom is 0.415 e. The molecule has 0 aliphatic carbocycles. The molecule has 3 heterocycles. The zero-order valence-corrected chi connectivity index (χ0v) is 21.5. The highest BCUT2D eigenvalue weighted by atomic mass is 32.2. The number of aryl methyl sites for hydroxylation is 1. The highest BCUT2D eigenvalue weighted by Gasteiger charge is 2.29. The Morgan fingerprint density at radius 3 is 2.44 bits per heavy atom. The van der Waals surface area contributed by atoms with Crippen molar-refractivity contribution in [2.45, 2.75) is 30.6 Å². The molecule has 1 aliphatic heterocycles. The van der Waals surface area contributed by atoms with Crippen molar-refractivity contribution in [1.82, 2.24) is 20.1 Å². The number of carbonyl (C=O) groups excluding carboxylic acids is 1. The van der Waals surface area contributed by atoms with Gasteiger partial charge >= 0.3 is 6.09 Å². The van der Waals surface area contributed by atoms with Crippen molar-refractivity contribution in [2.75, 3.05) is 13.1 Å². The fourth-order valence-electron chi connectivity index (χ4n) is 3.76. The first kappa shape index (κ1) is 27.8. The number of rotatable bonds is 4. The minimum atomic E-state index is -4.02. The smallest absolute Gasteiger partial charge is 0.415 e. The van der Waals surface area contributed by atoms with E-state index in [1.54, 1.807) is 35.4 Å². The quantitative estimate of drug-likeness (QED) is 0.342. The van der Waals surface area contributed by atoms with Gasteiger partial charge in [-0.2, -0.15) is 8.42 Å². The third-order valence-electron chi connectivity index (χ3n) is 5.86. The van der Waals surface area contributed by atoms with Crippen LogP contribution in [0.3, 0.4) is 0 Å². The lowest BCUT2D eigenvalue weighted by molar-refractivity contribution is 0.136. The molecule has 2 aromatic heterocycles. The SMILES string of the molecule is Cc1ccc(S(=O)(=O)O)cc1.O=C(Oc1cccnc1)N1CCC(c2nnc(-c3cc(F)ccc3F)o2)CC1. The maximum atomic E-state index is 13.9. The number of likely N-dealkylation sites (tertiary alicyclic amines) is 1. The summed E-state index contributed by atoms with van der Waals surface area (Å²) in [5, 5.41) is 7.81. The van der Waals surface area contributed by atoms with E-state index in [2.05, 4.69) is 15.2 Å². The molecule has 39 heavy (non-hydrogen) atoms. The average molecular weight is 559 g/mol. The summed E-state index contributed by atoms with van der Waals surface area (Å²) in [6.45, 7) is 2.75. The summed E-state index contributed by atoms with van der Waals surface area (Å²) in [5.74, 6) is -0.626. The van der Waals surface area contributed by atoms with Crippen LogP contribution in [0.25, 0.3) is 11.5 Å². The molecule has 4 aromatic rings. The molecule has 1 aliphatic rings. The van der Waals surface area contributed by atoms with Gasteiger partial charge in [-0.25, -0.2) is 13.6 Å². The van der Waals surface area contributed by atoms with E-state index >= 15 is 0 Å². The number of ether oxygens (including phenoxy) is 1. The second-order valence-electron chi connectivity index (χ2n) is 8.68. The molecule has 1 amide bonds. The van der Waals surface area contributed by atoms with Crippen LogP contribution in [0.1, 0.15) is 30.2 Å². The standard InChI is InChI=1S/C19H16F2N4O3.C7H8O3S/c20-13-3-4-16(21)15(10-13)18-24-23-17(28-18)12-5-8-25(9-6-12)19(26)27-14-2-1-7-22-11-14;1-6-2-4-7(5-3-6)11(8,9)10/h1-4,7,10-12H,5-6,8-9H2;2-5H,1H3,(H,8,9,10).